The first-order valence-electron chi connectivity index (χ1n) is 14.1. The summed E-state index contributed by atoms with van der Waals surface area (Å²) < 4.78 is 35.8. The number of piperidine rings is 2. The molecule has 0 aliphatic carbocycles. The highest BCUT2D eigenvalue weighted by Gasteiger charge is 2.30. The van der Waals surface area contributed by atoms with Crippen LogP contribution in [0.3, 0.4) is 0 Å². The predicted octanol–water partition coefficient (Wildman–Crippen LogP) is 5.58. The lowest BCUT2D eigenvalue weighted by atomic mass is 9.94. The summed E-state index contributed by atoms with van der Waals surface area (Å²) in [6, 6.07) is 11.8. The zero-order valence-corrected chi connectivity index (χ0v) is 23.0. The molecule has 1 N–H and O–H groups in total. The van der Waals surface area contributed by atoms with Crippen LogP contribution >= 0.6 is 0 Å². The van der Waals surface area contributed by atoms with E-state index in [9.17, 15) is 23.9 Å². The molecule has 2 heterocycles. The van der Waals surface area contributed by atoms with Crippen LogP contribution in [-0.4, -0.2) is 71.9 Å². The number of rotatable bonds is 9. The molecule has 0 spiro atoms. The summed E-state index contributed by atoms with van der Waals surface area (Å²) in [7, 11) is 0. The van der Waals surface area contributed by atoms with Crippen molar-refractivity contribution in [1.29, 1.82) is 5.26 Å². The van der Waals surface area contributed by atoms with E-state index in [2.05, 4.69) is 11.0 Å². The van der Waals surface area contributed by atoms with Crippen molar-refractivity contribution in [2.75, 3.05) is 39.3 Å². The van der Waals surface area contributed by atoms with Gasteiger partial charge in [-0.25, -0.2) is 8.78 Å². The minimum atomic E-state index is -1.12. The molecule has 0 radical (unpaired) electrons. The Hall–Kier alpha value is -3.02. The Morgan fingerprint density at radius 1 is 1.10 bits per heavy atom. The van der Waals surface area contributed by atoms with Gasteiger partial charge in [0.25, 0.3) is 5.91 Å². The molecule has 1 atom stereocenters. The average molecular weight is 540 g/mol. The van der Waals surface area contributed by atoms with Crippen molar-refractivity contribution in [3.63, 3.8) is 0 Å². The quantitative estimate of drug-likeness (QED) is 0.450. The SMILES string of the molecule is CCC(F)(CC)CN1CCC(COc2ccc(-c3ccc(C(=O)N4CCCC(O)C4)c(F)c3)cc2C#N)CC1. The molecule has 2 aromatic rings. The Labute approximate surface area is 230 Å². The fourth-order valence-electron chi connectivity index (χ4n) is 5.49. The van der Waals surface area contributed by atoms with Crippen molar-refractivity contribution in [2.24, 2.45) is 5.92 Å². The van der Waals surface area contributed by atoms with E-state index in [4.69, 9.17) is 4.74 Å². The Morgan fingerprint density at radius 3 is 2.44 bits per heavy atom. The number of benzene rings is 2. The van der Waals surface area contributed by atoms with Gasteiger partial charge in [0, 0.05) is 19.6 Å². The number of alkyl halides is 1. The molecule has 2 aromatic carbocycles. The number of likely N-dealkylation sites (tertiary alicyclic amines) is 2. The van der Waals surface area contributed by atoms with Crippen LogP contribution in [0.25, 0.3) is 11.1 Å². The number of amides is 1. The molecular weight excluding hydrogens is 500 g/mol. The van der Waals surface area contributed by atoms with E-state index in [0.29, 0.717) is 73.7 Å². The second-order valence-corrected chi connectivity index (χ2v) is 11.0. The number of hydrogen-bond acceptors (Lipinski definition) is 5. The van der Waals surface area contributed by atoms with Crippen LogP contribution in [0.2, 0.25) is 0 Å². The zero-order valence-electron chi connectivity index (χ0n) is 23.0. The molecule has 1 unspecified atom stereocenters. The van der Waals surface area contributed by atoms with E-state index in [1.165, 1.54) is 17.0 Å². The van der Waals surface area contributed by atoms with Gasteiger partial charge >= 0.3 is 0 Å². The Kier molecular flexibility index (Phi) is 9.58. The maximum Gasteiger partial charge on any atom is 0.256 e. The van der Waals surface area contributed by atoms with E-state index < -0.39 is 23.5 Å². The number of aliphatic hydroxyl groups is 1. The molecule has 1 amide bonds. The molecule has 0 saturated carbocycles. The van der Waals surface area contributed by atoms with Crippen molar-refractivity contribution >= 4 is 5.91 Å². The molecule has 2 aliphatic heterocycles. The van der Waals surface area contributed by atoms with Gasteiger partial charge in [-0.1, -0.05) is 26.0 Å². The minimum Gasteiger partial charge on any atom is -0.492 e. The van der Waals surface area contributed by atoms with Gasteiger partial charge in [-0.15, -0.1) is 0 Å². The van der Waals surface area contributed by atoms with Crippen LogP contribution in [0.1, 0.15) is 68.3 Å². The van der Waals surface area contributed by atoms with Crippen molar-refractivity contribution in [3.8, 4) is 22.9 Å². The predicted molar refractivity (Wildman–Crippen MR) is 147 cm³/mol. The van der Waals surface area contributed by atoms with Crippen LogP contribution in [0.15, 0.2) is 36.4 Å². The molecular formula is C31H39F2N3O3. The standard InChI is InChI=1S/C31H39F2N3O3/c1-3-31(33,4-2)21-35-14-11-22(12-15-35)20-39-29-10-8-23(16-25(29)18-34)24-7-9-27(28(32)17-24)30(38)36-13-5-6-26(37)19-36/h7-10,16-17,22,26,37H,3-6,11-15,19-21H2,1-2H3. The fraction of sp³-hybridized carbons (Fsp3) is 0.548. The first-order chi connectivity index (χ1) is 18.7. The summed E-state index contributed by atoms with van der Waals surface area (Å²) in [5.41, 5.74) is 0.422. The van der Waals surface area contributed by atoms with Crippen LogP contribution in [0.5, 0.6) is 5.75 Å². The zero-order chi connectivity index (χ0) is 28.0. The van der Waals surface area contributed by atoms with E-state index in [-0.39, 0.29) is 12.1 Å². The second-order valence-electron chi connectivity index (χ2n) is 11.0. The Morgan fingerprint density at radius 2 is 1.79 bits per heavy atom. The molecule has 4 rings (SSSR count). The number of halogens is 2. The van der Waals surface area contributed by atoms with E-state index in [1.807, 2.05) is 13.8 Å². The lowest BCUT2D eigenvalue weighted by Crippen LogP contribution is -2.44. The molecule has 6 nitrogen and oxygen atoms in total. The van der Waals surface area contributed by atoms with Crippen LogP contribution in [0.4, 0.5) is 8.78 Å². The molecule has 210 valence electrons. The summed E-state index contributed by atoms with van der Waals surface area (Å²) in [6.07, 6.45) is 3.65. The minimum absolute atomic E-state index is 0.0269. The third kappa shape index (κ3) is 7.14. The average Bonchev–Trinajstić information content (AvgIpc) is 2.96. The summed E-state index contributed by atoms with van der Waals surface area (Å²) in [6.45, 7) is 7.15. The van der Waals surface area contributed by atoms with Gasteiger partial charge in [-0.3, -0.25) is 4.79 Å². The highest BCUT2D eigenvalue weighted by Crippen LogP contribution is 2.30. The van der Waals surface area contributed by atoms with E-state index in [0.717, 1.165) is 25.9 Å². The molecule has 0 bridgehead atoms. The third-order valence-corrected chi connectivity index (χ3v) is 8.27. The first kappa shape index (κ1) is 29.0. The highest BCUT2D eigenvalue weighted by molar-refractivity contribution is 5.95. The van der Waals surface area contributed by atoms with Crippen LogP contribution in [-0.2, 0) is 0 Å². The maximum absolute atomic E-state index is 15.0. The number of hydrogen-bond donors (Lipinski definition) is 1. The summed E-state index contributed by atoms with van der Waals surface area (Å²) in [5, 5.41) is 19.6. The summed E-state index contributed by atoms with van der Waals surface area (Å²) in [5.74, 6) is -0.236. The molecule has 2 saturated heterocycles. The number of aliphatic hydroxyl groups excluding tert-OH is 1. The molecule has 2 fully saturated rings. The first-order valence-corrected chi connectivity index (χ1v) is 14.1. The number of carbonyl (C=O) groups is 1. The van der Waals surface area contributed by atoms with Crippen molar-refractivity contribution < 1.29 is 23.4 Å². The van der Waals surface area contributed by atoms with E-state index >= 15 is 0 Å². The van der Waals surface area contributed by atoms with Gasteiger partial charge in [0.15, 0.2) is 0 Å². The van der Waals surface area contributed by atoms with Crippen LogP contribution in [0, 0.1) is 23.1 Å². The fourth-order valence-corrected chi connectivity index (χ4v) is 5.49. The van der Waals surface area contributed by atoms with Gasteiger partial charge < -0.3 is 19.6 Å². The third-order valence-electron chi connectivity index (χ3n) is 8.27. The normalized spacial score (nSPS) is 19.1. The van der Waals surface area contributed by atoms with Gasteiger partial charge in [0.1, 0.15) is 23.3 Å². The molecule has 39 heavy (non-hydrogen) atoms. The summed E-state index contributed by atoms with van der Waals surface area (Å²) in [4.78, 5) is 16.5. The van der Waals surface area contributed by atoms with Crippen molar-refractivity contribution in [2.45, 2.75) is 64.1 Å². The number of β-amino-alcohol motifs (C(OH)–C–C–N with tert-alkyl or cyclic N) is 1. The van der Waals surface area contributed by atoms with Crippen molar-refractivity contribution in [3.05, 3.63) is 53.3 Å². The van der Waals surface area contributed by atoms with Gasteiger partial charge in [0.2, 0.25) is 0 Å². The van der Waals surface area contributed by atoms with Crippen molar-refractivity contribution in [1.82, 2.24) is 9.80 Å². The lowest BCUT2D eigenvalue weighted by Gasteiger charge is -2.36. The van der Waals surface area contributed by atoms with E-state index in [1.54, 1.807) is 24.3 Å². The maximum atomic E-state index is 15.0. The summed E-state index contributed by atoms with van der Waals surface area (Å²) >= 11 is 0. The molecule has 8 heteroatoms. The number of nitriles is 1. The second kappa shape index (κ2) is 12.9. The smallest absolute Gasteiger partial charge is 0.256 e. The Balaban J connectivity index is 1.36. The largest absolute Gasteiger partial charge is 0.492 e. The number of nitrogens with zero attached hydrogens (tertiary/aromatic N) is 3. The topological polar surface area (TPSA) is 76.8 Å². The Bertz CT molecular complexity index is 1190. The van der Waals surface area contributed by atoms with Gasteiger partial charge in [-0.2, -0.15) is 5.26 Å². The number of carbonyl (C=O) groups excluding carboxylic acids is 1. The van der Waals surface area contributed by atoms with Gasteiger partial charge in [0.05, 0.1) is 23.8 Å². The highest BCUT2D eigenvalue weighted by atomic mass is 19.1. The molecule has 0 aromatic heterocycles. The lowest BCUT2D eigenvalue weighted by molar-refractivity contribution is 0.0470. The van der Waals surface area contributed by atoms with Crippen LogP contribution < -0.4 is 4.74 Å². The monoisotopic (exact) mass is 539 g/mol. The number of ether oxygens (including phenoxy) is 1. The molecule has 2 aliphatic rings. The van der Waals surface area contributed by atoms with Gasteiger partial charge in [-0.05, 0) is 92.9 Å².